The summed E-state index contributed by atoms with van der Waals surface area (Å²) in [5.74, 6) is 0.947. The van der Waals surface area contributed by atoms with Crippen LogP contribution in [0.2, 0.25) is 0 Å². The summed E-state index contributed by atoms with van der Waals surface area (Å²) in [6, 6.07) is 11.5. The Morgan fingerprint density at radius 1 is 1.03 bits per heavy atom. The van der Waals surface area contributed by atoms with Gasteiger partial charge in [-0.25, -0.2) is 0 Å². The Morgan fingerprint density at radius 3 is 2.45 bits per heavy atom. The number of rotatable bonds is 6. The van der Waals surface area contributed by atoms with Crippen molar-refractivity contribution in [3.8, 4) is 11.5 Å². The van der Waals surface area contributed by atoms with Crippen molar-refractivity contribution in [2.45, 2.75) is 64.0 Å². The minimum atomic E-state index is -0.453. The zero-order valence-corrected chi connectivity index (χ0v) is 19.4. The molecule has 1 aliphatic carbocycles. The zero-order valence-electron chi connectivity index (χ0n) is 19.4. The lowest BCUT2D eigenvalue weighted by molar-refractivity contribution is -0.125. The highest BCUT2D eigenvalue weighted by Crippen LogP contribution is 2.48. The number of hydrogen-bond acceptors (Lipinski definition) is 4. The van der Waals surface area contributed by atoms with Gasteiger partial charge in [0.1, 0.15) is 0 Å². The Balaban J connectivity index is 1.62. The molecular weight excluding hydrogens is 416 g/mol. The maximum absolute atomic E-state index is 13.8. The molecule has 2 aromatic carbocycles. The largest absolute Gasteiger partial charge is 0.490 e. The second kappa shape index (κ2) is 9.08. The van der Waals surface area contributed by atoms with Crippen molar-refractivity contribution in [1.82, 2.24) is 10.2 Å². The normalized spacial score (nSPS) is 21.8. The van der Waals surface area contributed by atoms with Crippen molar-refractivity contribution in [3.05, 3.63) is 58.7 Å². The lowest BCUT2D eigenvalue weighted by Crippen LogP contribution is -2.51. The van der Waals surface area contributed by atoms with Gasteiger partial charge in [0.05, 0.1) is 25.2 Å². The fourth-order valence-corrected chi connectivity index (χ4v) is 5.71. The molecule has 5 rings (SSSR count). The first kappa shape index (κ1) is 21.8. The van der Waals surface area contributed by atoms with E-state index in [9.17, 15) is 9.59 Å². The van der Waals surface area contributed by atoms with E-state index in [4.69, 9.17) is 9.47 Å². The maximum atomic E-state index is 13.8. The van der Waals surface area contributed by atoms with E-state index >= 15 is 0 Å². The van der Waals surface area contributed by atoms with Crippen LogP contribution in [0.1, 0.15) is 78.5 Å². The van der Waals surface area contributed by atoms with Gasteiger partial charge in [-0.05, 0) is 68.0 Å². The van der Waals surface area contributed by atoms with Crippen molar-refractivity contribution in [1.29, 1.82) is 0 Å². The number of fused-ring (bicyclic) bond motifs is 4. The van der Waals surface area contributed by atoms with E-state index in [1.165, 1.54) is 0 Å². The summed E-state index contributed by atoms with van der Waals surface area (Å²) in [6.45, 7) is 5.54. The third kappa shape index (κ3) is 3.85. The van der Waals surface area contributed by atoms with E-state index in [2.05, 4.69) is 5.32 Å². The highest BCUT2D eigenvalue weighted by atomic mass is 16.5. The minimum Gasteiger partial charge on any atom is -0.490 e. The third-order valence-electron chi connectivity index (χ3n) is 7.17. The summed E-state index contributed by atoms with van der Waals surface area (Å²) in [5, 5.41) is 3.31. The fraction of sp³-hybridized carbons (Fsp3) is 0.481. The van der Waals surface area contributed by atoms with E-state index in [0.717, 1.165) is 54.5 Å². The fourth-order valence-electron chi connectivity index (χ4n) is 5.71. The van der Waals surface area contributed by atoms with Crippen molar-refractivity contribution in [2.24, 2.45) is 0 Å². The van der Waals surface area contributed by atoms with Gasteiger partial charge in [-0.1, -0.05) is 31.0 Å². The van der Waals surface area contributed by atoms with Crippen LogP contribution in [-0.2, 0) is 11.2 Å². The third-order valence-corrected chi connectivity index (χ3v) is 7.17. The monoisotopic (exact) mass is 448 g/mol. The van der Waals surface area contributed by atoms with Gasteiger partial charge in [0.15, 0.2) is 11.5 Å². The van der Waals surface area contributed by atoms with Gasteiger partial charge in [-0.15, -0.1) is 0 Å². The summed E-state index contributed by atoms with van der Waals surface area (Å²) in [4.78, 5) is 29.1. The molecule has 2 heterocycles. The van der Waals surface area contributed by atoms with Crippen LogP contribution in [0.3, 0.4) is 0 Å². The number of nitrogens with one attached hydrogen (secondary N) is 1. The van der Waals surface area contributed by atoms with Crippen molar-refractivity contribution in [3.63, 3.8) is 0 Å². The van der Waals surface area contributed by atoms with Crippen LogP contribution in [0.5, 0.6) is 11.5 Å². The second-order valence-corrected chi connectivity index (χ2v) is 9.11. The number of ether oxygens (including phenoxy) is 2. The van der Waals surface area contributed by atoms with Crippen LogP contribution in [-0.4, -0.2) is 42.5 Å². The maximum Gasteiger partial charge on any atom is 0.254 e. The van der Waals surface area contributed by atoms with E-state index in [-0.39, 0.29) is 23.9 Å². The number of benzene rings is 2. The molecule has 0 bridgehead atoms. The molecule has 0 unspecified atom stereocenters. The summed E-state index contributed by atoms with van der Waals surface area (Å²) in [7, 11) is 0. The molecule has 1 N–H and O–H groups in total. The van der Waals surface area contributed by atoms with E-state index in [1.807, 2.05) is 55.1 Å². The number of carbonyl (C=O) groups is 2. The van der Waals surface area contributed by atoms with Crippen LogP contribution in [0, 0.1) is 0 Å². The first-order valence-corrected chi connectivity index (χ1v) is 12.2. The molecule has 0 aromatic heterocycles. The average Bonchev–Trinajstić information content (AvgIpc) is 3.33. The van der Waals surface area contributed by atoms with E-state index < -0.39 is 5.92 Å². The highest BCUT2D eigenvalue weighted by molar-refractivity contribution is 6.01. The van der Waals surface area contributed by atoms with Gasteiger partial charge in [-0.3, -0.25) is 9.59 Å². The summed E-state index contributed by atoms with van der Waals surface area (Å²) < 4.78 is 11.8. The van der Waals surface area contributed by atoms with Gasteiger partial charge in [0.2, 0.25) is 5.91 Å². The van der Waals surface area contributed by atoms with Crippen molar-refractivity contribution in [2.75, 3.05) is 19.8 Å². The molecular formula is C27H32N2O4. The predicted octanol–water partition coefficient (Wildman–Crippen LogP) is 4.38. The van der Waals surface area contributed by atoms with Crippen molar-refractivity contribution >= 4 is 11.8 Å². The van der Waals surface area contributed by atoms with Gasteiger partial charge >= 0.3 is 0 Å². The average molecular weight is 449 g/mol. The lowest BCUT2D eigenvalue weighted by atomic mass is 9.75. The molecule has 0 radical (unpaired) electrons. The van der Waals surface area contributed by atoms with Crippen LogP contribution in [0.4, 0.5) is 0 Å². The number of nitrogens with zero attached hydrogens (tertiary/aromatic N) is 1. The molecule has 3 aliphatic rings. The minimum absolute atomic E-state index is 0.00184. The first-order valence-electron chi connectivity index (χ1n) is 12.2. The molecule has 33 heavy (non-hydrogen) atoms. The standard InChI is InChI=1S/C27H32N2O4/c1-3-32-22-15-17-13-14-29-25(21(17)16-23(22)33-4-2)24(26(30)28-18-9-5-6-10-18)19-11-7-8-12-20(19)27(29)31/h7-8,11-12,15-16,18,24-25H,3-6,9-10,13-14H2,1-2H3,(H,28,30)/t24-,25+/m0/s1. The Hall–Kier alpha value is -3.02. The Labute approximate surface area is 195 Å². The molecule has 2 aliphatic heterocycles. The van der Waals surface area contributed by atoms with Gasteiger partial charge < -0.3 is 19.7 Å². The van der Waals surface area contributed by atoms with Gasteiger partial charge in [0, 0.05) is 18.2 Å². The molecule has 2 aromatic rings. The Kier molecular flexibility index (Phi) is 6.00. The Bertz CT molecular complexity index is 1060. The molecule has 174 valence electrons. The quantitative estimate of drug-likeness (QED) is 0.712. The highest BCUT2D eigenvalue weighted by Gasteiger charge is 2.47. The Morgan fingerprint density at radius 2 is 1.73 bits per heavy atom. The molecule has 2 atom stereocenters. The topological polar surface area (TPSA) is 67.9 Å². The summed E-state index contributed by atoms with van der Waals surface area (Å²) in [5.41, 5.74) is 3.57. The van der Waals surface area contributed by atoms with Gasteiger partial charge in [0.25, 0.3) is 5.91 Å². The molecule has 6 heteroatoms. The molecule has 6 nitrogen and oxygen atoms in total. The van der Waals surface area contributed by atoms with Crippen LogP contribution < -0.4 is 14.8 Å². The number of amides is 2. The van der Waals surface area contributed by atoms with Gasteiger partial charge in [-0.2, -0.15) is 0 Å². The zero-order chi connectivity index (χ0) is 22.9. The van der Waals surface area contributed by atoms with Crippen LogP contribution in [0.25, 0.3) is 0 Å². The van der Waals surface area contributed by atoms with E-state index in [0.29, 0.717) is 31.1 Å². The first-order chi connectivity index (χ1) is 16.1. The smallest absolute Gasteiger partial charge is 0.254 e. The molecule has 2 amide bonds. The predicted molar refractivity (Wildman–Crippen MR) is 126 cm³/mol. The van der Waals surface area contributed by atoms with Crippen LogP contribution in [0.15, 0.2) is 36.4 Å². The number of carbonyl (C=O) groups excluding carboxylic acids is 2. The summed E-state index contributed by atoms with van der Waals surface area (Å²) in [6.07, 6.45) is 5.08. The van der Waals surface area contributed by atoms with E-state index in [1.54, 1.807) is 0 Å². The second-order valence-electron chi connectivity index (χ2n) is 9.11. The molecule has 0 spiro atoms. The number of hydrogen-bond donors (Lipinski definition) is 1. The molecule has 1 fully saturated rings. The SMILES string of the molecule is CCOc1cc2c(cc1OCC)[C@@H]1[C@@H](C(=O)NC3CCCC3)c3ccccc3C(=O)N1CC2. The lowest BCUT2D eigenvalue weighted by Gasteiger charge is -2.45. The van der Waals surface area contributed by atoms with Crippen molar-refractivity contribution < 1.29 is 19.1 Å². The molecule has 0 saturated heterocycles. The summed E-state index contributed by atoms with van der Waals surface area (Å²) >= 11 is 0. The molecule has 1 saturated carbocycles. The van der Waals surface area contributed by atoms with Crippen LogP contribution >= 0.6 is 0 Å².